The standard InChI is InChI=1S/C22H28N2O4/c1-5-20(22(26)23-3)24(14-17-7-6-8-19(13-17)27-4)21(25)15-28-18-11-9-16(2)10-12-18/h6-13,20H,5,14-15H2,1-4H3,(H,23,26)/t20-/m1/s1. The molecule has 0 saturated heterocycles. The molecule has 6 nitrogen and oxygen atoms in total. The van der Waals surface area contributed by atoms with Gasteiger partial charge in [0.25, 0.3) is 5.91 Å². The molecule has 0 aliphatic heterocycles. The van der Waals surface area contributed by atoms with E-state index in [2.05, 4.69) is 5.32 Å². The molecule has 1 atom stereocenters. The average Bonchev–Trinajstić information content (AvgIpc) is 2.72. The van der Waals surface area contributed by atoms with Gasteiger partial charge in [0.2, 0.25) is 5.91 Å². The van der Waals surface area contributed by atoms with Crippen molar-refractivity contribution < 1.29 is 19.1 Å². The highest BCUT2D eigenvalue weighted by Crippen LogP contribution is 2.18. The van der Waals surface area contributed by atoms with Crippen molar-refractivity contribution in [3.63, 3.8) is 0 Å². The summed E-state index contributed by atoms with van der Waals surface area (Å²) in [6.45, 7) is 4.02. The van der Waals surface area contributed by atoms with Crippen LogP contribution in [0.4, 0.5) is 0 Å². The van der Waals surface area contributed by atoms with Crippen LogP contribution in [0.5, 0.6) is 11.5 Å². The molecule has 2 rings (SSSR count). The topological polar surface area (TPSA) is 67.9 Å². The van der Waals surface area contributed by atoms with Crippen LogP contribution in [0.3, 0.4) is 0 Å². The molecule has 0 spiro atoms. The summed E-state index contributed by atoms with van der Waals surface area (Å²) in [6, 6.07) is 14.4. The molecule has 0 heterocycles. The fourth-order valence-corrected chi connectivity index (χ4v) is 2.92. The van der Waals surface area contributed by atoms with E-state index in [1.54, 1.807) is 19.1 Å². The monoisotopic (exact) mass is 384 g/mol. The Morgan fingerprint density at radius 3 is 2.43 bits per heavy atom. The van der Waals surface area contributed by atoms with Crippen LogP contribution in [-0.4, -0.2) is 43.5 Å². The third-order valence-electron chi connectivity index (χ3n) is 4.50. The number of hydrogen-bond donors (Lipinski definition) is 1. The second kappa shape index (κ2) is 10.3. The number of nitrogens with zero attached hydrogens (tertiary/aromatic N) is 1. The van der Waals surface area contributed by atoms with E-state index >= 15 is 0 Å². The Morgan fingerprint density at radius 2 is 1.82 bits per heavy atom. The summed E-state index contributed by atoms with van der Waals surface area (Å²) in [5.74, 6) is 0.870. The fraction of sp³-hybridized carbons (Fsp3) is 0.364. The maximum atomic E-state index is 13.0. The van der Waals surface area contributed by atoms with E-state index in [1.165, 1.54) is 0 Å². The first-order chi connectivity index (χ1) is 13.5. The molecule has 0 bridgehead atoms. The third-order valence-corrected chi connectivity index (χ3v) is 4.50. The number of benzene rings is 2. The van der Waals surface area contributed by atoms with Crippen molar-refractivity contribution in [3.05, 3.63) is 59.7 Å². The zero-order valence-electron chi connectivity index (χ0n) is 16.9. The summed E-state index contributed by atoms with van der Waals surface area (Å²) in [7, 11) is 3.17. The van der Waals surface area contributed by atoms with Crippen molar-refractivity contribution in [1.29, 1.82) is 0 Å². The summed E-state index contributed by atoms with van der Waals surface area (Å²) in [6.07, 6.45) is 0.500. The molecule has 0 aromatic heterocycles. The number of aryl methyl sites for hydroxylation is 1. The lowest BCUT2D eigenvalue weighted by atomic mass is 10.1. The summed E-state index contributed by atoms with van der Waals surface area (Å²) in [4.78, 5) is 26.9. The minimum atomic E-state index is -0.578. The van der Waals surface area contributed by atoms with Crippen molar-refractivity contribution in [2.24, 2.45) is 0 Å². The molecule has 28 heavy (non-hydrogen) atoms. The van der Waals surface area contributed by atoms with Gasteiger partial charge in [-0.2, -0.15) is 0 Å². The van der Waals surface area contributed by atoms with Gasteiger partial charge in [0.15, 0.2) is 6.61 Å². The second-order valence-electron chi connectivity index (χ2n) is 6.51. The van der Waals surface area contributed by atoms with E-state index < -0.39 is 6.04 Å². The molecule has 2 amide bonds. The maximum Gasteiger partial charge on any atom is 0.261 e. The average molecular weight is 384 g/mol. The molecule has 2 aromatic carbocycles. The van der Waals surface area contributed by atoms with Gasteiger partial charge in [0.05, 0.1) is 7.11 Å². The first-order valence-corrected chi connectivity index (χ1v) is 9.32. The van der Waals surface area contributed by atoms with Crippen molar-refractivity contribution in [2.75, 3.05) is 20.8 Å². The van der Waals surface area contributed by atoms with Gasteiger partial charge in [-0.25, -0.2) is 0 Å². The Bertz CT molecular complexity index is 789. The third kappa shape index (κ3) is 5.74. The van der Waals surface area contributed by atoms with E-state index in [0.717, 1.165) is 11.1 Å². The number of carbonyl (C=O) groups excluding carboxylic acids is 2. The number of rotatable bonds is 9. The minimum Gasteiger partial charge on any atom is -0.497 e. The van der Waals surface area contributed by atoms with E-state index in [0.29, 0.717) is 24.5 Å². The molecule has 0 aliphatic carbocycles. The molecule has 0 aliphatic rings. The number of methoxy groups -OCH3 is 1. The number of hydrogen-bond acceptors (Lipinski definition) is 4. The highest BCUT2D eigenvalue weighted by Gasteiger charge is 2.28. The van der Waals surface area contributed by atoms with Crippen LogP contribution in [0.2, 0.25) is 0 Å². The highest BCUT2D eigenvalue weighted by atomic mass is 16.5. The highest BCUT2D eigenvalue weighted by molar-refractivity contribution is 5.88. The largest absolute Gasteiger partial charge is 0.497 e. The Kier molecular flexibility index (Phi) is 7.87. The zero-order chi connectivity index (χ0) is 20.5. The number of ether oxygens (including phenoxy) is 2. The minimum absolute atomic E-state index is 0.138. The van der Waals surface area contributed by atoms with Crippen LogP contribution in [0.15, 0.2) is 48.5 Å². The van der Waals surface area contributed by atoms with Gasteiger partial charge >= 0.3 is 0 Å². The first-order valence-electron chi connectivity index (χ1n) is 9.32. The Morgan fingerprint density at radius 1 is 1.11 bits per heavy atom. The molecule has 2 aromatic rings. The summed E-state index contributed by atoms with van der Waals surface area (Å²) in [5, 5.41) is 2.64. The summed E-state index contributed by atoms with van der Waals surface area (Å²) in [5.41, 5.74) is 1.99. The van der Waals surface area contributed by atoms with E-state index in [4.69, 9.17) is 9.47 Å². The van der Waals surface area contributed by atoms with Crippen LogP contribution >= 0.6 is 0 Å². The summed E-state index contributed by atoms with van der Waals surface area (Å²) >= 11 is 0. The second-order valence-corrected chi connectivity index (χ2v) is 6.51. The molecule has 0 saturated carbocycles. The molecule has 1 N–H and O–H groups in total. The smallest absolute Gasteiger partial charge is 0.261 e. The lowest BCUT2D eigenvalue weighted by molar-refractivity contribution is -0.142. The molecule has 0 unspecified atom stereocenters. The lowest BCUT2D eigenvalue weighted by Gasteiger charge is -2.30. The van der Waals surface area contributed by atoms with Crippen LogP contribution in [0.1, 0.15) is 24.5 Å². The SMILES string of the molecule is CC[C@H](C(=O)NC)N(Cc1cccc(OC)c1)C(=O)COc1ccc(C)cc1. The van der Waals surface area contributed by atoms with Gasteiger partial charge in [-0.05, 0) is 43.2 Å². The predicted molar refractivity (Wildman–Crippen MR) is 108 cm³/mol. The van der Waals surface area contributed by atoms with E-state index in [1.807, 2.05) is 62.4 Å². The van der Waals surface area contributed by atoms with E-state index in [-0.39, 0.29) is 18.4 Å². The van der Waals surface area contributed by atoms with Gasteiger partial charge in [0.1, 0.15) is 17.5 Å². The normalized spacial score (nSPS) is 11.4. The lowest BCUT2D eigenvalue weighted by Crippen LogP contribution is -2.49. The van der Waals surface area contributed by atoms with Crippen molar-refractivity contribution in [3.8, 4) is 11.5 Å². The number of likely N-dealkylation sites (N-methyl/N-ethyl adjacent to an activating group) is 1. The molecular formula is C22H28N2O4. The predicted octanol–water partition coefficient (Wildman–Crippen LogP) is 2.94. The summed E-state index contributed by atoms with van der Waals surface area (Å²) < 4.78 is 10.9. The van der Waals surface area contributed by atoms with Crippen molar-refractivity contribution >= 4 is 11.8 Å². The first kappa shape index (κ1) is 21.3. The van der Waals surface area contributed by atoms with Gasteiger partial charge < -0.3 is 19.7 Å². The van der Waals surface area contributed by atoms with Crippen LogP contribution < -0.4 is 14.8 Å². The van der Waals surface area contributed by atoms with Gasteiger partial charge in [-0.3, -0.25) is 9.59 Å². The molecule has 150 valence electrons. The van der Waals surface area contributed by atoms with Crippen LogP contribution in [-0.2, 0) is 16.1 Å². The van der Waals surface area contributed by atoms with Crippen molar-refractivity contribution in [2.45, 2.75) is 32.9 Å². The molecule has 0 radical (unpaired) electrons. The maximum absolute atomic E-state index is 13.0. The fourth-order valence-electron chi connectivity index (χ4n) is 2.92. The molecule has 0 fully saturated rings. The van der Waals surface area contributed by atoms with Gasteiger partial charge in [-0.1, -0.05) is 36.8 Å². The quantitative estimate of drug-likeness (QED) is 0.722. The molecular weight excluding hydrogens is 356 g/mol. The Hall–Kier alpha value is -3.02. The Balaban J connectivity index is 2.19. The number of carbonyl (C=O) groups is 2. The van der Waals surface area contributed by atoms with Crippen LogP contribution in [0.25, 0.3) is 0 Å². The number of amides is 2. The van der Waals surface area contributed by atoms with Crippen molar-refractivity contribution in [1.82, 2.24) is 10.2 Å². The van der Waals surface area contributed by atoms with Crippen LogP contribution in [0, 0.1) is 6.92 Å². The Labute approximate surface area is 166 Å². The number of nitrogens with one attached hydrogen (secondary N) is 1. The van der Waals surface area contributed by atoms with Gasteiger partial charge in [-0.15, -0.1) is 0 Å². The zero-order valence-corrected chi connectivity index (χ0v) is 16.9. The molecule has 6 heteroatoms. The van der Waals surface area contributed by atoms with Gasteiger partial charge in [0, 0.05) is 13.6 Å². The van der Waals surface area contributed by atoms with E-state index in [9.17, 15) is 9.59 Å².